The van der Waals surface area contributed by atoms with Crippen molar-refractivity contribution >= 4 is 11.5 Å². The smallest absolute Gasteiger partial charge is 0.263 e. The van der Waals surface area contributed by atoms with E-state index in [0.29, 0.717) is 40.0 Å². The fraction of sp³-hybridized carbons (Fsp3) is 0.393. The first kappa shape index (κ1) is 26.9. The molecule has 1 aromatic heterocycles. The maximum absolute atomic E-state index is 14.8. The third kappa shape index (κ3) is 6.10. The number of nitrogens with one attached hydrogen (secondary N) is 1. The number of benzene rings is 1. The van der Waals surface area contributed by atoms with Crippen LogP contribution in [0.4, 0.5) is 10.3 Å². The van der Waals surface area contributed by atoms with Crippen LogP contribution < -0.4 is 20.5 Å². The van der Waals surface area contributed by atoms with Crippen molar-refractivity contribution in [1.29, 1.82) is 5.26 Å². The number of hydrogen-bond acceptors (Lipinski definition) is 6. The van der Waals surface area contributed by atoms with Crippen LogP contribution in [0.15, 0.2) is 59.2 Å². The molecule has 0 saturated carbocycles. The largest absolute Gasteiger partial charge is 0.497 e. The van der Waals surface area contributed by atoms with Gasteiger partial charge in [0.1, 0.15) is 17.6 Å². The van der Waals surface area contributed by atoms with Crippen molar-refractivity contribution in [2.24, 2.45) is 13.0 Å². The number of nitriles is 1. The predicted molar refractivity (Wildman–Crippen MR) is 143 cm³/mol. The summed E-state index contributed by atoms with van der Waals surface area (Å²) in [5, 5.41) is 12.6. The number of allylic oxidation sites excluding steroid dienone is 5. The van der Waals surface area contributed by atoms with Gasteiger partial charge in [-0.2, -0.15) is 5.26 Å². The van der Waals surface area contributed by atoms with E-state index >= 15 is 0 Å². The molecular weight excluding hydrogens is 457 g/mol. The second-order valence-corrected chi connectivity index (χ2v) is 9.06. The highest BCUT2D eigenvalue weighted by atomic mass is 19.1. The van der Waals surface area contributed by atoms with E-state index in [1.165, 1.54) is 12.2 Å². The quantitative estimate of drug-likeness (QED) is 0.429. The average molecular weight is 492 g/mol. The molecule has 1 unspecified atom stereocenters. The second kappa shape index (κ2) is 12.3. The molecule has 1 aromatic carbocycles. The van der Waals surface area contributed by atoms with Crippen LogP contribution in [0, 0.1) is 17.2 Å². The zero-order valence-corrected chi connectivity index (χ0v) is 21.5. The molecule has 1 aliphatic heterocycles. The number of hydrogen-bond donors (Lipinski definition) is 1. The Balaban J connectivity index is 2.16. The molecule has 190 valence electrons. The molecule has 0 aliphatic carbocycles. The van der Waals surface area contributed by atoms with Gasteiger partial charge in [-0.05, 0) is 80.6 Å². The molecule has 1 atom stereocenters. The van der Waals surface area contributed by atoms with E-state index in [2.05, 4.69) is 11.9 Å². The first-order chi connectivity index (χ1) is 17.3. The van der Waals surface area contributed by atoms with E-state index in [1.807, 2.05) is 11.9 Å². The molecule has 7 nitrogen and oxygen atoms in total. The minimum Gasteiger partial charge on any atom is -0.497 e. The number of nitrogens with zero attached hydrogens (tertiary/aromatic N) is 4. The lowest BCUT2D eigenvalue weighted by Gasteiger charge is -2.26. The predicted octanol–water partition coefficient (Wildman–Crippen LogP) is 4.62. The van der Waals surface area contributed by atoms with Crippen LogP contribution in [-0.2, 0) is 7.05 Å². The van der Waals surface area contributed by atoms with Gasteiger partial charge in [0.15, 0.2) is 0 Å². The Morgan fingerprint density at radius 1 is 1.36 bits per heavy atom. The van der Waals surface area contributed by atoms with Crippen molar-refractivity contribution in [3.05, 3.63) is 70.4 Å². The summed E-state index contributed by atoms with van der Waals surface area (Å²) in [6, 6.07) is 8.90. The first-order valence-electron chi connectivity index (χ1n) is 12.1. The Morgan fingerprint density at radius 2 is 2.08 bits per heavy atom. The van der Waals surface area contributed by atoms with Crippen molar-refractivity contribution in [1.82, 2.24) is 14.9 Å². The third-order valence-electron chi connectivity index (χ3n) is 6.51. The maximum atomic E-state index is 14.8. The molecule has 1 fully saturated rings. The molecule has 2 aromatic rings. The summed E-state index contributed by atoms with van der Waals surface area (Å²) >= 11 is 0. The number of rotatable bonds is 8. The van der Waals surface area contributed by atoms with Gasteiger partial charge >= 0.3 is 0 Å². The van der Waals surface area contributed by atoms with Crippen LogP contribution in [0.5, 0.6) is 5.75 Å². The Kier molecular flexibility index (Phi) is 9.20. The summed E-state index contributed by atoms with van der Waals surface area (Å²) in [6.07, 6.45) is 5.68. The van der Waals surface area contributed by atoms with Gasteiger partial charge in [-0.15, -0.1) is 0 Å². The molecule has 0 amide bonds. The number of halogens is 1. The third-order valence-corrected chi connectivity index (χ3v) is 6.51. The summed E-state index contributed by atoms with van der Waals surface area (Å²) in [6.45, 7) is 7.95. The average Bonchev–Trinajstić information content (AvgIpc) is 3.14. The molecule has 2 heterocycles. The molecule has 0 radical (unpaired) electrons. The van der Waals surface area contributed by atoms with Gasteiger partial charge in [0.25, 0.3) is 5.56 Å². The summed E-state index contributed by atoms with van der Waals surface area (Å²) in [7, 11) is 5.21. The zero-order chi connectivity index (χ0) is 26.2. The van der Waals surface area contributed by atoms with Crippen LogP contribution >= 0.6 is 0 Å². The normalized spacial score (nSPS) is 17.0. The molecule has 3 rings (SSSR count). The van der Waals surface area contributed by atoms with E-state index in [-0.39, 0.29) is 11.1 Å². The molecule has 1 saturated heterocycles. The minimum absolute atomic E-state index is 0.177. The van der Waals surface area contributed by atoms with Gasteiger partial charge in [0.05, 0.1) is 23.9 Å². The number of anilines is 1. The Morgan fingerprint density at radius 3 is 2.72 bits per heavy atom. The Bertz CT molecular complexity index is 1250. The highest BCUT2D eigenvalue weighted by Crippen LogP contribution is 2.29. The summed E-state index contributed by atoms with van der Waals surface area (Å²) in [5.74, 6) is 0.916. The molecule has 1 aliphatic rings. The van der Waals surface area contributed by atoms with E-state index < -0.39 is 5.83 Å². The minimum atomic E-state index is -0.728. The fourth-order valence-corrected chi connectivity index (χ4v) is 4.51. The van der Waals surface area contributed by atoms with Gasteiger partial charge in [0, 0.05) is 20.6 Å². The first-order valence-corrected chi connectivity index (χ1v) is 12.1. The van der Waals surface area contributed by atoms with E-state index in [0.717, 1.165) is 38.9 Å². The van der Waals surface area contributed by atoms with Gasteiger partial charge in [-0.3, -0.25) is 9.36 Å². The summed E-state index contributed by atoms with van der Waals surface area (Å²) in [5.41, 5.74) is 1.38. The number of aromatic nitrogens is 2. The van der Waals surface area contributed by atoms with Gasteiger partial charge < -0.3 is 15.0 Å². The molecule has 36 heavy (non-hydrogen) atoms. The van der Waals surface area contributed by atoms with Gasteiger partial charge in [0.2, 0.25) is 5.95 Å². The topological polar surface area (TPSA) is 83.2 Å². The van der Waals surface area contributed by atoms with Crippen molar-refractivity contribution in [2.75, 3.05) is 38.7 Å². The highest BCUT2D eigenvalue weighted by Gasteiger charge is 2.22. The van der Waals surface area contributed by atoms with E-state index in [1.54, 1.807) is 56.0 Å². The fourth-order valence-electron chi connectivity index (χ4n) is 4.51. The Hall–Kier alpha value is -3.70. The van der Waals surface area contributed by atoms with Crippen molar-refractivity contribution in [3.8, 4) is 22.9 Å². The molecule has 8 heteroatoms. The lowest BCUT2D eigenvalue weighted by atomic mass is 9.99. The molecule has 1 N–H and O–H groups in total. The van der Waals surface area contributed by atoms with Gasteiger partial charge in [-0.1, -0.05) is 18.7 Å². The maximum Gasteiger partial charge on any atom is 0.263 e. The highest BCUT2D eigenvalue weighted by molar-refractivity contribution is 5.80. The van der Waals surface area contributed by atoms with Crippen LogP contribution in [-0.4, -0.2) is 43.3 Å². The van der Waals surface area contributed by atoms with Gasteiger partial charge in [-0.25, -0.2) is 9.37 Å². The molecule has 0 spiro atoms. The Labute approximate surface area is 212 Å². The van der Waals surface area contributed by atoms with Crippen molar-refractivity contribution in [3.63, 3.8) is 0 Å². The lowest BCUT2D eigenvalue weighted by molar-refractivity contribution is 0.415. The molecular formula is C28H34FN5O2. The number of ether oxygens (including phenoxy) is 1. The number of methoxy groups -OCH3 is 1. The van der Waals surface area contributed by atoms with E-state index in [9.17, 15) is 14.4 Å². The standard InChI is InChI=1S/C28H34FN5O2/c1-6-21(17-30)24(29)16-19(2)26-25(22-9-11-23(36-5)12-10-22)27(35)34(4)28(32-26)33(3)18-20-8-7-14-31-15-13-20/h6,9-12,16,20,31H,1,7-8,13-15,18H2,2-5H3/b19-16+,24-21-. The summed E-state index contributed by atoms with van der Waals surface area (Å²) < 4.78 is 21.6. The summed E-state index contributed by atoms with van der Waals surface area (Å²) in [4.78, 5) is 20.6. The van der Waals surface area contributed by atoms with Crippen LogP contribution in [0.25, 0.3) is 16.7 Å². The van der Waals surface area contributed by atoms with Crippen LogP contribution in [0.2, 0.25) is 0 Å². The zero-order valence-electron chi connectivity index (χ0n) is 21.5. The SMILES string of the molecule is C=C/C(C#N)=C(F)\C=C(/C)c1nc(N(C)CC2CCCNCC2)n(C)c(=O)c1-c1ccc(OC)cc1. The van der Waals surface area contributed by atoms with Crippen molar-refractivity contribution in [2.45, 2.75) is 26.2 Å². The molecule has 0 bridgehead atoms. The van der Waals surface area contributed by atoms with Crippen molar-refractivity contribution < 1.29 is 9.13 Å². The monoisotopic (exact) mass is 491 g/mol. The van der Waals surface area contributed by atoms with E-state index in [4.69, 9.17) is 9.72 Å². The van der Waals surface area contributed by atoms with Crippen LogP contribution in [0.1, 0.15) is 31.9 Å². The lowest BCUT2D eigenvalue weighted by Crippen LogP contribution is -2.34. The second-order valence-electron chi connectivity index (χ2n) is 9.06. The van der Waals surface area contributed by atoms with Crippen LogP contribution in [0.3, 0.4) is 0 Å².